The second-order valence-corrected chi connectivity index (χ2v) is 4.23. The number of hydrogen-bond acceptors (Lipinski definition) is 4. The third-order valence-corrected chi connectivity index (χ3v) is 2.80. The molecule has 1 aromatic heterocycles. The summed E-state index contributed by atoms with van der Waals surface area (Å²) in [4.78, 5) is 26.9. The number of methoxy groups -OCH3 is 1. The Bertz CT molecular complexity index is 643. The number of rotatable bonds is 5. The largest absolute Gasteiger partial charge is 0.477 e. The zero-order chi connectivity index (χ0) is 15.2. The van der Waals surface area contributed by atoms with E-state index in [1.807, 2.05) is 6.07 Å². The van der Waals surface area contributed by atoms with Gasteiger partial charge in [-0.2, -0.15) is 0 Å². The zero-order valence-corrected chi connectivity index (χ0v) is 11.3. The molecule has 0 spiro atoms. The maximum absolute atomic E-state index is 12.2. The van der Waals surface area contributed by atoms with Crippen LogP contribution in [0.3, 0.4) is 0 Å². The van der Waals surface area contributed by atoms with Gasteiger partial charge in [-0.05, 0) is 17.7 Å². The minimum atomic E-state index is -1.16. The number of pyridine rings is 1. The molecule has 108 valence electrons. The summed E-state index contributed by atoms with van der Waals surface area (Å²) < 4.78 is 5.19. The van der Waals surface area contributed by atoms with Crippen LogP contribution in [0.4, 0.5) is 5.82 Å². The van der Waals surface area contributed by atoms with Crippen molar-refractivity contribution in [1.29, 1.82) is 0 Å². The second-order valence-electron chi connectivity index (χ2n) is 4.23. The second kappa shape index (κ2) is 6.62. The Kier molecular flexibility index (Phi) is 4.63. The number of benzene rings is 1. The summed E-state index contributed by atoms with van der Waals surface area (Å²) in [6.07, 6.45) is -0.790. The minimum absolute atomic E-state index is 0.138. The first kappa shape index (κ1) is 14.7. The third-order valence-electron chi connectivity index (χ3n) is 2.80. The first-order chi connectivity index (χ1) is 10.1. The predicted octanol–water partition coefficient (Wildman–Crippen LogP) is 2.11. The Morgan fingerprint density at radius 2 is 1.86 bits per heavy atom. The van der Waals surface area contributed by atoms with Gasteiger partial charge in [-0.1, -0.05) is 36.4 Å². The summed E-state index contributed by atoms with van der Waals surface area (Å²) >= 11 is 0. The van der Waals surface area contributed by atoms with Crippen molar-refractivity contribution >= 4 is 17.7 Å². The SMILES string of the molecule is COC(C(=O)Nc1cccc(C(=O)O)n1)c1ccccc1. The fourth-order valence-corrected chi connectivity index (χ4v) is 1.84. The molecule has 0 saturated carbocycles. The number of aromatic carboxylic acids is 1. The lowest BCUT2D eigenvalue weighted by Gasteiger charge is -2.15. The third kappa shape index (κ3) is 3.64. The number of aromatic nitrogens is 1. The topological polar surface area (TPSA) is 88.5 Å². The highest BCUT2D eigenvalue weighted by atomic mass is 16.5. The molecule has 1 amide bonds. The van der Waals surface area contributed by atoms with E-state index in [2.05, 4.69) is 10.3 Å². The number of carboxylic acids is 1. The minimum Gasteiger partial charge on any atom is -0.477 e. The Hall–Kier alpha value is -2.73. The van der Waals surface area contributed by atoms with Crippen molar-refractivity contribution in [3.05, 3.63) is 59.8 Å². The molecule has 1 unspecified atom stereocenters. The highest BCUT2D eigenvalue weighted by molar-refractivity contribution is 5.94. The smallest absolute Gasteiger partial charge is 0.354 e. The van der Waals surface area contributed by atoms with E-state index in [0.717, 1.165) is 0 Å². The number of ether oxygens (including phenoxy) is 1. The van der Waals surface area contributed by atoms with Crippen molar-refractivity contribution < 1.29 is 19.4 Å². The monoisotopic (exact) mass is 286 g/mol. The van der Waals surface area contributed by atoms with Gasteiger partial charge in [0.05, 0.1) is 0 Å². The number of hydrogen-bond donors (Lipinski definition) is 2. The summed E-state index contributed by atoms with van der Waals surface area (Å²) in [5, 5.41) is 11.4. The van der Waals surface area contributed by atoms with Crippen molar-refractivity contribution in [2.24, 2.45) is 0 Å². The number of anilines is 1. The van der Waals surface area contributed by atoms with Gasteiger partial charge >= 0.3 is 5.97 Å². The molecule has 0 saturated heterocycles. The summed E-state index contributed by atoms with van der Waals surface area (Å²) in [7, 11) is 1.43. The van der Waals surface area contributed by atoms with E-state index in [1.165, 1.54) is 25.3 Å². The van der Waals surface area contributed by atoms with E-state index in [0.29, 0.717) is 5.56 Å². The summed E-state index contributed by atoms with van der Waals surface area (Å²) in [6, 6.07) is 13.4. The lowest BCUT2D eigenvalue weighted by atomic mass is 10.1. The van der Waals surface area contributed by atoms with Gasteiger partial charge < -0.3 is 15.2 Å². The van der Waals surface area contributed by atoms with Crippen LogP contribution in [-0.2, 0) is 9.53 Å². The molecule has 0 radical (unpaired) electrons. The molecule has 0 bridgehead atoms. The summed E-state index contributed by atoms with van der Waals surface area (Å²) in [5.41, 5.74) is 0.563. The Labute approximate surface area is 121 Å². The number of amides is 1. The highest BCUT2D eigenvalue weighted by Crippen LogP contribution is 2.18. The van der Waals surface area contributed by atoms with Crippen LogP contribution in [0.1, 0.15) is 22.2 Å². The lowest BCUT2D eigenvalue weighted by Crippen LogP contribution is -2.23. The van der Waals surface area contributed by atoms with Crippen molar-refractivity contribution in [2.45, 2.75) is 6.10 Å². The van der Waals surface area contributed by atoms with Crippen LogP contribution in [0.5, 0.6) is 0 Å². The van der Waals surface area contributed by atoms with Gasteiger partial charge in [-0.25, -0.2) is 9.78 Å². The molecule has 6 nitrogen and oxygen atoms in total. The van der Waals surface area contributed by atoms with E-state index in [1.54, 1.807) is 24.3 Å². The number of carbonyl (C=O) groups excluding carboxylic acids is 1. The maximum Gasteiger partial charge on any atom is 0.354 e. The normalized spacial score (nSPS) is 11.7. The van der Waals surface area contributed by atoms with Crippen LogP contribution < -0.4 is 5.32 Å². The standard InChI is InChI=1S/C15H14N2O4/c1-21-13(10-6-3-2-4-7-10)14(18)17-12-9-5-8-11(16-12)15(19)20/h2-9,13H,1H3,(H,19,20)(H,16,17,18). The van der Waals surface area contributed by atoms with Crippen LogP contribution in [0.25, 0.3) is 0 Å². The van der Waals surface area contributed by atoms with E-state index >= 15 is 0 Å². The molecule has 1 atom stereocenters. The van der Waals surface area contributed by atoms with Crippen molar-refractivity contribution in [1.82, 2.24) is 4.98 Å². The molecular formula is C15H14N2O4. The highest BCUT2D eigenvalue weighted by Gasteiger charge is 2.20. The van der Waals surface area contributed by atoms with E-state index in [-0.39, 0.29) is 11.5 Å². The number of carbonyl (C=O) groups is 2. The quantitative estimate of drug-likeness (QED) is 0.878. The average molecular weight is 286 g/mol. The van der Waals surface area contributed by atoms with Crippen LogP contribution in [0.2, 0.25) is 0 Å². The molecule has 2 N–H and O–H groups in total. The molecular weight excluding hydrogens is 272 g/mol. The molecule has 0 aliphatic heterocycles. The van der Waals surface area contributed by atoms with Gasteiger partial charge in [-0.15, -0.1) is 0 Å². The van der Waals surface area contributed by atoms with Crippen LogP contribution in [0, 0.1) is 0 Å². The van der Waals surface area contributed by atoms with E-state index in [9.17, 15) is 9.59 Å². The molecule has 1 heterocycles. The van der Waals surface area contributed by atoms with Gasteiger partial charge in [0.1, 0.15) is 5.82 Å². The summed E-state index contributed by atoms with van der Waals surface area (Å²) in [5.74, 6) is -1.41. The van der Waals surface area contributed by atoms with Gasteiger partial charge in [0.2, 0.25) is 0 Å². The van der Waals surface area contributed by atoms with Gasteiger partial charge in [0.25, 0.3) is 5.91 Å². The molecule has 0 fully saturated rings. The fourth-order valence-electron chi connectivity index (χ4n) is 1.84. The lowest BCUT2D eigenvalue weighted by molar-refractivity contribution is -0.126. The van der Waals surface area contributed by atoms with Crippen molar-refractivity contribution in [3.63, 3.8) is 0 Å². The maximum atomic E-state index is 12.2. The zero-order valence-electron chi connectivity index (χ0n) is 11.3. The Morgan fingerprint density at radius 1 is 1.14 bits per heavy atom. The molecule has 2 aromatic rings. The van der Waals surface area contributed by atoms with E-state index < -0.39 is 18.0 Å². The molecule has 21 heavy (non-hydrogen) atoms. The van der Waals surface area contributed by atoms with E-state index in [4.69, 9.17) is 9.84 Å². The first-order valence-electron chi connectivity index (χ1n) is 6.21. The van der Waals surface area contributed by atoms with Crippen molar-refractivity contribution in [2.75, 3.05) is 12.4 Å². The Balaban J connectivity index is 2.16. The predicted molar refractivity (Wildman–Crippen MR) is 76.0 cm³/mol. The molecule has 1 aromatic carbocycles. The molecule has 6 heteroatoms. The van der Waals surface area contributed by atoms with Crippen LogP contribution in [-0.4, -0.2) is 29.1 Å². The van der Waals surface area contributed by atoms with Gasteiger partial charge in [-0.3, -0.25) is 4.79 Å². The average Bonchev–Trinajstić information content (AvgIpc) is 2.49. The number of nitrogens with zero attached hydrogens (tertiary/aromatic N) is 1. The Morgan fingerprint density at radius 3 is 2.48 bits per heavy atom. The van der Waals surface area contributed by atoms with Gasteiger partial charge in [0, 0.05) is 7.11 Å². The first-order valence-corrected chi connectivity index (χ1v) is 6.21. The summed E-state index contributed by atoms with van der Waals surface area (Å²) in [6.45, 7) is 0. The molecule has 2 rings (SSSR count). The molecule has 0 aliphatic rings. The number of nitrogens with one attached hydrogen (secondary N) is 1. The number of carboxylic acid groups (broad SMARTS) is 1. The van der Waals surface area contributed by atoms with Crippen molar-refractivity contribution in [3.8, 4) is 0 Å². The van der Waals surface area contributed by atoms with Gasteiger partial charge in [0.15, 0.2) is 11.8 Å². The molecule has 0 aliphatic carbocycles. The van der Waals surface area contributed by atoms with Crippen LogP contribution >= 0.6 is 0 Å². The fraction of sp³-hybridized carbons (Fsp3) is 0.133. The van der Waals surface area contributed by atoms with Crippen LogP contribution in [0.15, 0.2) is 48.5 Å².